The van der Waals surface area contributed by atoms with E-state index in [1.54, 1.807) is 17.5 Å². The number of likely N-dealkylation sites (N-methyl/N-ethyl adjacent to an activating group) is 1. The fourth-order valence-corrected chi connectivity index (χ4v) is 3.64. The van der Waals surface area contributed by atoms with E-state index in [2.05, 4.69) is 45.4 Å². The third-order valence-corrected chi connectivity index (χ3v) is 5.05. The van der Waals surface area contributed by atoms with Gasteiger partial charge in [0, 0.05) is 37.8 Å². The van der Waals surface area contributed by atoms with Crippen molar-refractivity contribution in [2.45, 2.75) is 6.04 Å². The van der Waals surface area contributed by atoms with Crippen LogP contribution in [0.4, 0.5) is 5.82 Å². The molecule has 1 aliphatic heterocycles. The van der Waals surface area contributed by atoms with Gasteiger partial charge in [-0.05, 0) is 23.6 Å². The molecule has 6 heteroatoms. The highest BCUT2D eigenvalue weighted by Gasteiger charge is 2.25. The summed E-state index contributed by atoms with van der Waals surface area (Å²) in [7, 11) is 2.05. The molecule has 0 bridgehead atoms. The van der Waals surface area contributed by atoms with Crippen LogP contribution in [0.5, 0.6) is 0 Å². The first kappa shape index (κ1) is 15.9. The first-order valence-corrected chi connectivity index (χ1v) is 8.58. The minimum atomic E-state index is 0.335. The fraction of sp³-hybridized carbons (Fsp3) is 0.412. The molecule has 3 rings (SSSR count). The SMILES string of the molecule is CN(C[C@@H](c1cccs1)N1CCOCC1)c1ccc(C#N)cn1. The predicted molar refractivity (Wildman–Crippen MR) is 91.7 cm³/mol. The number of nitrogens with zero attached hydrogens (tertiary/aromatic N) is 4. The van der Waals surface area contributed by atoms with E-state index in [0.29, 0.717) is 11.6 Å². The van der Waals surface area contributed by atoms with Crippen LogP contribution >= 0.6 is 11.3 Å². The van der Waals surface area contributed by atoms with Gasteiger partial charge >= 0.3 is 0 Å². The molecule has 5 nitrogen and oxygen atoms in total. The van der Waals surface area contributed by atoms with Gasteiger partial charge in [0.2, 0.25) is 0 Å². The lowest BCUT2D eigenvalue weighted by molar-refractivity contribution is 0.0183. The lowest BCUT2D eigenvalue weighted by Crippen LogP contribution is -2.43. The van der Waals surface area contributed by atoms with E-state index in [9.17, 15) is 0 Å². The molecule has 0 unspecified atom stereocenters. The number of hydrogen-bond acceptors (Lipinski definition) is 6. The van der Waals surface area contributed by atoms with Crippen molar-refractivity contribution in [2.75, 3.05) is 44.8 Å². The Balaban J connectivity index is 1.75. The molecule has 1 saturated heterocycles. The Bertz CT molecular complexity index is 644. The quantitative estimate of drug-likeness (QED) is 0.844. The minimum absolute atomic E-state index is 0.335. The molecule has 0 aromatic carbocycles. The second-order valence-corrected chi connectivity index (χ2v) is 6.56. The van der Waals surface area contributed by atoms with Gasteiger partial charge in [0.05, 0.1) is 24.8 Å². The maximum absolute atomic E-state index is 8.89. The number of nitriles is 1. The molecule has 120 valence electrons. The zero-order valence-electron chi connectivity index (χ0n) is 13.2. The van der Waals surface area contributed by atoms with Crippen molar-refractivity contribution < 1.29 is 4.74 Å². The third-order valence-electron chi connectivity index (χ3n) is 4.07. The van der Waals surface area contributed by atoms with Crippen LogP contribution in [0.2, 0.25) is 0 Å². The van der Waals surface area contributed by atoms with E-state index >= 15 is 0 Å². The average molecular weight is 328 g/mol. The van der Waals surface area contributed by atoms with Crippen molar-refractivity contribution in [3.63, 3.8) is 0 Å². The smallest absolute Gasteiger partial charge is 0.128 e. The van der Waals surface area contributed by atoms with Gasteiger partial charge < -0.3 is 9.64 Å². The lowest BCUT2D eigenvalue weighted by atomic mass is 10.1. The normalized spacial score (nSPS) is 16.7. The molecule has 23 heavy (non-hydrogen) atoms. The van der Waals surface area contributed by atoms with Gasteiger partial charge in [-0.25, -0.2) is 4.98 Å². The zero-order valence-corrected chi connectivity index (χ0v) is 14.0. The molecule has 0 aliphatic carbocycles. The van der Waals surface area contributed by atoms with E-state index in [1.807, 2.05) is 12.1 Å². The molecule has 0 amide bonds. The number of morpholine rings is 1. The van der Waals surface area contributed by atoms with Gasteiger partial charge in [-0.2, -0.15) is 5.26 Å². The maximum Gasteiger partial charge on any atom is 0.128 e. The molecule has 1 atom stereocenters. The van der Waals surface area contributed by atoms with Gasteiger partial charge in [-0.3, -0.25) is 4.90 Å². The van der Waals surface area contributed by atoms with Gasteiger partial charge in [0.1, 0.15) is 11.9 Å². The second kappa shape index (κ2) is 7.55. The summed E-state index contributed by atoms with van der Waals surface area (Å²) in [5, 5.41) is 11.0. The van der Waals surface area contributed by atoms with Crippen molar-refractivity contribution in [1.29, 1.82) is 5.26 Å². The highest BCUT2D eigenvalue weighted by Crippen LogP contribution is 2.27. The van der Waals surface area contributed by atoms with Gasteiger partial charge in [-0.15, -0.1) is 11.3 Å². The van der Waals surface area contributed by atoms with E-state index < -0.39 is 0 Å². The molecule has 2 aromatic heterocycles. The summed E-state index contributed by atoms with van der Waals surface area (Å²) in [5.41, 5.74) is 0.588. The summed E-state index contributed by atoms with van der Waals surface area (Å²) in [6, 6.07) is 10.5. The molecule has 1 aliphatic rings. The van der Waals surface area contributed by atoms with Crippen LogP contribution in [-0.2, 0) is 4.74 Å². The van der Waals surface area contributed by atoms with Crippen molar-refractivity contribution in [3.05, 3.63) is 46.3 Å². The molecule has 3 heterocycles. The Morgan fingerprint density at radius 2 is 2.22 bits per heavy atom. The van der Waals surface area contributed by atoms with Crippen LogP contribution in [0.3, 0.4) is 0 Å². The number of ether oxygens (including phenoxy) is 1. The van der Waals surface area contributed by atoms with Crippen LogP contribution in [0.15, 0.2) is 35.8 Å². The van der Waals surface area contributed by atoms with E-state index in [4.69, 9.17) is 10.00 Å². The number of rotatable bonds is 5. The van der Waals surface area contributed by atoms with Crippen molar-refractivity contribution in [1.82, 2.24) is 9.88 Å². The minimum Gasteiger partial charge on any atom is -0.379 e. The highest BCUT2D eigenvalue weighted by atomic mass is 32.1. The highest BCUT2D eigenvalue weighted by molar-refractivity contribution is 7.10. The van der Waals surface area contributed by atoms with E-state index in [0.717, 1.165) is 38.7 Å². The summed E-state index contributed by atoms with van der Waals surface area (Å²) in [6.45, 7) is 4.36. The third kappa shape index (κ3) is 3.88. The molecule has 0 saturated carbocycles. The van der Waals surface area contributed by atoms with Crippen LogP contribution in [0, 0.1) is 11.3 Å². The van der Waals surface area contributed by atoms with E-state index in [-0.39, 0.29) is 0 Å². The van der Waals surface area contributed by atoms with Crippen LogP contribution < -0.4 is 4.90 Å². The van der Waals surface area contributed by atoms with Crippen LogP contribution in [0.1, 0.15) is 16.5 Å². The monoisotopic (exact) mass is 328 g/mol. The summed E-state index contributed by atoms with van der Waals surface area (Å²) in [4.78, 5) is 10.4. The molecule has 1 fully saturated rings. The lowest BCUT2D eigenvalue weighted by Gasteiger charge is -2.36. The molecule has 0 N–H and O–H groups in total. The van der Waals surface area contributed by atoms with Crippen molar-refractivity contribution in [2.24, 2.45) is 0 Å². The zero-order chi connectivity index (χ0) is 16.1. The van der Waals surface area contributed by atoms with Crippen molar-refractivity contribution in [3.8, 4) is 6.07 Å². The predicted octanol–water partition coefficient (Wildman–Crippen LogP) is 2.52. The summed E-state index contributed by atoms with van der Waals surface area (Å²) < 4.78 is 5.49. The van der Waals surface area contributed by atoms with Crippen LogP contribution in [0.25, 0.3) is 0 Å². The van der Waals surface area contributed by atoms with Gasteiger partial charge in [-0.1, -0.05) is 6.07 Å². The number of pyridine rings is 1. The summed E-state index contributed by atoms with van der Waals surface area (Å²) >= 11 is 1.80. The fourth-order valence-electron chi connectivity index (χ4n) is 2.79. The molecule has 2 aromatic rings. The van der Waals surface area contributed by atoms with Crippen LogP contribution in [-0.4, -0.2) is 49.8 Å². The van der Waals surface area contributed by atoms with Crippen molar-refractivity contribution >= 4 is 17.2 Å². The second-order valence-electron chi connectivity index (χ2n) is 5.58. The molecule has 0 radical (unpaired) electrons. The summed E-state index contributed by atoms with van der Waals surface area (Å²) in [5.74, 6) is 0.888. The molecular formula is C17H20N4OS. The van der Waals surface area contributed by atoms with Gasteiger partial charge in [0.15, 0.2) is 0 Å². The topological polar surface area (TPSA) is 52.4 Å². The maximum atomic E-state index is 8.89. The first-order chi connectivity index (χ1) is 11.3. The Hall–Kier alpha value is -1.94. The standard InChI is InChI=1S/C17H20N4OS/c1-20(17-5-4-14(11-18)12-19-17)13-15(16-3-2-10-23-16)21-6-8-22-9-7-21/h2-5,10,12,15H,6-9,13H2,1H3/t15-/m0/s1. The first-order valence-electron chi connectivity index (χ1n) is 7.70. The number of aromatic nitrogens is 1. The van der Waals surface area contributed by atoms with E-state index in [1.165, 1.54) is 4.88 Å². The summed E-state index contributed by atoms with van der Waals surface area (Å²) in [6.07, 6.45) is 1.63. The largest absolute Gasteiger partial charge is 0.379 e. The van der Waals surface area contributed by atoms with Gasteiger partial charge in [0.25, 0.3) is 0 Å². The number of thiophene rings is 1. The average Bonchev–Trinajstić information content (AvgIpc) is 3.14. The Morgan fingerprint density at radius 3 is 2.83 bits per heavy atom. The Kier molecular flexibility index (Phi) is 5.23. The number of anilines is 1. The molecule has 0 spiro atoms. The number of hydrogen-bond donors (Lipinski definition) is 0. The molecular weight excluding hydrogens is 308 g/mol. The Morgan fingerprint density at radius 1 is 1.39 bits per heavy atom. The Labute approximate surface area is 140 Å².